The van der Waals surface area contributed by atoms with Gasteiger partial charge in [0.25, 0.3) is 0 Å². The van der Waals surface area contributed by atoms with Crippen molar-refractivity contribution in [3.8, 4) is 0 Å². The number of aliphatic carboxylic acids is 1. The summed E-state index contributed by atoms with van der Waals surface area (Å²) in [5, 5.41) is 10.5. The molecule has 0 bridgehead atoms. The van der Waals surface area contributed by atoms with E-state index in [1.54, 1.807) is 19.1 Å². The first-order chi connectivity index (χ1) is 7.43. The highest BCUT2D eigenvalue weighted by Gasteiger charge is 2.37. The van der Waals surface area contributed by atoms with Crippen molar-refractivity contribution < 1.29 is 14.7 Å². The van der Waals surface area contributed by atoms with Crippen molar-refractivity contribution in [2.75, 3.05) is 14.1 Å². The molecule has 0 heterocycles. The lowest BCUT2D eigenvalue weighted by Crippen LogP contribution is -2.39. The van der Waals surface area contributed by atoms with Crippen molar-refractivity contribution in [3.63, 3.8) is 0 Å². The van der Waals surface area contributed by atoms with Crippen LogP contribution in [0.1, 0.15) is 38.5 Å². The quantitative estimate of drug-likeness (QED) is 0.689. The largest absolute Gasteiger partial charge is 0.481 e. The Balaban J connectivity index is 2.57. The number of nitrogens with zero attached hydrogens (tertiary/aromatic N) is 1. The Labute approximate surface area is 95.8 Å². The van der Waals surface area contributed by atoms with E-state index in [9.17, 15) is 9.59 Å². The first kappa shape index (κ1) is 13.0. The monoisotopic (exact) mass is 228 g/mol. The third-order valence-corrected chi connectivity index (χ3v) is 3.07. The Morgan fingerprint density at radius 2 is 1.81 bits per heavy atom. The van der Waals surface area contributed by atoms with Crippen LogP contribution in [-0.4, -0.2) is 36.1 Å². The summed E-state index contributed by atoms with van der Waals surface area (Å²) in [5.41, 5.74) is 2.36. The molecule has 0 saturated heterocycles. The van der Waals surface area contributed by atoms with Gasteiger partial charge in [0, 0.05) is 20.5 Å². The third-order valence-electron chi connectivity index (χ3n) is 3.07. The van der Waals surface area contributed by atoms with Gasteiger partial charge in [0.1, 0.15) is 0 Å². The zero-order valence-corrected chi connectivity index (χ0v) is 9.95. The molecular formula is C11H20N2O3. The third kappa shape index (κ3) is 3.81. The minimum absolute atomic E-state index is 0.0897. The number of hydrazine groups is 1. The summed E-state index contributed by atoms with van der Waals surface area (Å²) in [7, 11) is 3.49. The Hall–Kier alpha value is -1.10. The molecule has 5 nitrogen and oxygen atoms in total. The topological polar surface area (TPSA) is 69.6 Å². The Morgan fingerprint density at radius 3 is 2.25 bits per heavy atom. The molecule has 5 heteroatoms. The molecule has 1 amide bonds. The number of amides is 1. The van der Waals surface area contributed by atoms with Gasteiger partial charge in [-0.1, -0.05) is 12.8 Å². The molecule has 0 atom stereocenters. The Bertz CT molecular complexity index is 270. The van der Waals surface area contributed by atoms with Crippen molar-refractivity contribution in [1.29, 1.82) is 0 Å². The van der Waals surface area contributed by atoms with Crippen LogP contribution in [0.2, 0.25) is 0 Å². The molecule has 0 aliphatic heterocycles. The number of carboxylic acid groups (broad SMARTS) is 1. The molecule has 0 aromatic rings. The fraction of sp³-hybridized carbons (Fsp3) is 0.818. The van der Waals surface area contributed by atoms with E-state index < -0.39 is 5.97 Å². The van der Waals surface area contributed by atoms with Gasteiger partial charge in [-0.25, -0.2) is 5.01 Å². The molecular weight excluding hydrogens is 208 g/mol. The van der Waals surface area contributed by atoms with Crippen LogP contribution in [0, 0.1) is 5.41 Å². The lowest BCUT2D eigenvalue weighted by Gasteiger charge is -2.27. The molecule has 1 aliphatic carbocycles. The summed E-state index contributed by atoms with van der Waals surface area (Å²) in [6.45, 7) is 0. The fourth-order valence-corrected chi connectivity index (χ4v) is 2.49. The molecule has 0 radical (unpaired) electrons. The van der Waals surface area contributed by atoms with Gasteiger partial charge in [-0.15, -0.1) is 0 Å². The zero-order valence-electron chi connectivity index (χ0n) is 9.95. The summed E-state index contributed by atoms with van der Waals surface area (Å²) < 4.78 is 0. The van der Waals surface area contributed by atoms with E-state index in [2.05, 4.69) is 5.43 Å². The molecule has 1 saturated carbocycles. The molecule has 92 valence electrons. The van der Waals surface area contributed by atoms with Crippen LogP contribution in [0.3, 0.4) is 0 Å². The average molecular weight is 228 g/mol. The number of carbonyl (C=O) groups is 2. The van der Waals surface area contributed by atoms with Gasteiger partial charge < -0.3 is 5.11 Å². The molecule has 0 aromatic carbocycles. The molecule has 0 unspecified atom stereocenters. The second kappa shape index (κ2) is 5.30. The Morgan fingerprint density at radius 1 is 1.25 bits per heavy atom. The summed E-state index contributed by atoms with van der Waals surface area (Å²) in [6.07, 6.45) is 4.18. The number of carbonyl (C=O) groups excluding carboxylic acids is 1. The Kier molecular flexibility index (Phi) is 4.29. The van der Waals surface area contributed by atoms with Crippen molar-refractivity contribution >= 4 is 11.9 Å². The van der Waals surface area contributed by atoms with Gasteiger partial charge in [-0.05, 0) is 18.3 Å². The predicted octanol–water partition coefficient (Wildman–Crippen LogP) is 1.00. The SMILES string of the molecule is CN(C)NC(=O)CC1(CC(=O)O)CCCC1. The minimum Gasteiger partial charge on any atom is -0.481 e. The molecule has 0 spiro atoms. The van der Waals surface area contributed by atoms with Crippen molar-refractivity contribution in [1.82, 2.24) is 10.4 Å². The summed E-state index contributed by atoms with van der Waals surface area (Å²) in [5.74, 6) is -0.896. The first-order valence-corrected chi connectivity index (χ1v) is 5.62. The fourth-order valence-electron chi connectivity index (χ4n) is 2.49. The highest BCUT2D eigenvalue weighted by molar-refractivity contribution is 5.77. The van der Waals surface area contributed by atoms with Gasteiger partial charge in [-0.2, -0.15) is 0 Å². The van der Waals surface area contributed by atoms with Crippen LogP contribution >= 0.6 is 0 Å². The smallest absolute Gasteiger partial charge is 0.303 e. The van der Waals surface area contributed by atoms with Crippen LogP contribution in [0.15, 0.2) is 0 Å². The van der Waals surface area contributed by atoms with Crippen LogP contribution in [0.25, 0.3) is 0 Å². The number of nitrogens with one attached hydrogen (secondary N) is 1. The number of carboxylic acids is 1. The summed E-state index contributed by atoms with van der Waals surface area (Å²) >= 11 is 0. The summed E-state index contributed by atoms with van der Waals surface area (Å²) in [6, 6.07) is 0. The summed E-state index contributed by atoms with van der Waals surface area (Å²) in [4.78, 5) is 22.5. The van der Waals surface area contributed by atoms with E-state index in [-0.39, 0.29) is 17.7 Å². The van der Waals surface area contributed by atoms with Crippen LogP contribution in [0.5, 0.6) is 0 Å². The second-order valence-corrected chi connectivity index (χ2v) is 4.88. The maximum absolute atomic E-state index is 11.7. The van der Waals surface area contributed by atoms with Crippen molar-refractivity contribution in [3.05, 3.63) is 0 Å². The van der Waals surface area contributed by atoms with Gasteiger partial charge in [-0.3, -0.25) is 15.0 Å². The number of hydrogen-bond acceptors (Lipinski definition) is 3. The standard InChI is InChI=1S/C11H20N2O3/c1-13(2)12-9(14)7-11(8-10(15)16)5-3-4-6-11/h3-8H2,1-2H3,(H,12,14)(H,15,16). The van der Waals surface area contributed by atoms with Gasteiger partial charge in [0.2, 0.25) is 5.91 Å². The molecule has 16 heavy (non-hydrogen) atoms. The average Bonchev–Trinajstić information content (AvgIpc) is 2.49. The minimum atomic E-state index is -0.806. The highest BCUT2D eigenvalue weighted by atomic mass is 16.4. The predicted molar refractivity (Wildman–Crippen MR) is 59.6 cm³/mol. The molecule has 0 aromatic heterocycles. The number of rotatable bonds is 5. The zero-order chi connectivity index (χ0) is 12.2. The van der Waals surface area contributed by atoms with Gasteiger partial charge in [0.05, 0.1) is 6.42 Å². The molecule has 1 aliphatic rings. The van der Waals surface area contributed by atoms with Crippen LogP contribution < -0.4 is 5.43 Å². The van der Waals surface area contributed by atoms with E-state index in [1.165, 1.54) is 0 Å². The number of hydrogen-bond donors (Lipinski definition) is 2. The van der Waals surface area contributed by atoms with E-state index in [4.69, 9.17) is 5.11 Å². The van der Waals surface area contributed by atoms with Crippen molar-refractivity contribution in [2.24, 2.45) is 5.41 Å². The molecule has 1 fully saturated rings. The maximum atomic E-state index is 11.7. The van der Waals surface area contributed by atoms with E-state index >= 15 is 0 Å². The molecule has 2 N–H and O–H groups in total. The lowest BCUT2D eigenvalue weighted by atomic mass is 9.79. The van der Waals surface area contributed by atoms with E-state index in [0.717, 1.165) is 25.7 Å². The maximum Gasteiger partial charge on any atom is 0.303 e. The lowest BCUT2D eigenvalue weighted by molar-refractivity contribution is -0.140. The van der Waals surface area contributed by atoms with Crippen LogP contribution in [-0.2, 0) is 9.59 Å². The second-order valence-electron chi connectivity index (χ2n) is 4.88. The normalized spacial score (nSPS) is 18.7. The van der Waals surface area contributed by atoms with Crippen molar-refractivity contribution in [2.45, 2.75) is 38.5 Å². The van der Waals surface area contributed by atoms with Gasteiger partial charge in [0.15, 0.2) is 0 Å². The van der Waals surface area contributed by atoms with Gasteiger partial charge >= 0.3 is 5.97 Å². The molecule has 1 rings (SSSR count). The first-order valence-electron chi connectivity index (χ1n) is 5.62. The highest BCUT2D eigenvalue weighted by Crippen LogP contribution is 2.43. The van der Waals surface area contributed by atoms with E-state index in [0.29, 0.717) is 6.42 Å². The van der Waals surface area contributed by atoms with E-state index in [1.807, 2.05) is 0 Å². The van der Waals surface area contributed by atoms with Crippen LogP contribution in [0.4, 0.5) is 0 Å².